The van der Waals surface area contributed by atoms with Crippen LogP contribution < -0.4 is 0 Å². The van der Waals surface area contributed by atoms with Gasteiger partial charge in [0.25, 0.3) is 0 Å². The van der Waals surface area contributed by atoms with Crippen LogP contribution in [0.25, 0.3) is 0 Å². The number of esters is 1. The van der Waals surface area contributed by atoms with Gasteiger partial charge in [-0.3, -0.25) is 0 Å². The number of ether oxygens (including phenoxy) is 3. The van der Waals surface area contributed by atoms with E-state index in [1.165, 1.54) is 7.11 Å². The lowest BCUT2D eigenvalue weighted by atomic mass is 10.0. The number of methoxy groups -OCH3 is 1. The van der Waals surface area contributed by atoms with Gasteiger partial charge in [-0.1, -0.05) is 6.92 Å². The SMILES string of the molecule is C=C(OCC1OCC1C)C(=O)OC. The fraction of sp³-hybridized carbons (Fsp3) is 0.667. The molecule has 1 heterocycles. The van der Waals surface area contributed by atoms with E-state index in [0.29, 0.717) is 12.5 Å². The van der Waals surface area contributed by atoms with Gasteiger partial charge in [-0.25, -0.2) is 4.79 Å². The Bertz CT molecular complexity index is 212. The van der Waals surface area contributed by atoms with Crippen molar-refractivity contribution in [3.63, 3.8) is 0 Å². The highest BCUT2D eigenvalue weighted by molar-refractivity contribution is 5.85. The third-order valence-corrected chi connectivity index (χ3v) is 2.04. The number of hydrogen-bond donors (Lipinski definition) is 0. The molecule has 1 fully saturated rings. The molecule has 0 bridgehead atoms. The average Bonchev–Trinajstić information content (AvgIpc) is 2.14. The highest BCUT2D eigenvalue weighted by Gasteiger charge is 2.28. The maximum absolute atomic E-state index is 10.8. The maximum Gasteiger partial charge on any atom is 0.372 e. The molecule has 0 spiro atoms. The summed E-state index contributed by atoms with van der Waals surface area (Å²) >= 11 is 0. The van der Waals surface area contributed by atoms with Crippen molar-refractivity contribution in [1.29, 1.82) is 0 Å². The first kappa shape index (κ1) is 10.1. The lowest BCUT2D eigenvalue weighted by Crippen LogP contribution is -2.41. The normalized spacial score (nSPS) is 26.0. The second kappa shape index (κ2) is 4.28. The summed E-state index contributed by atoms with van der Waals surface area (Å²) in [5.74, 6) is -0.0115. The Labute approximate surface area is 77.5 Å². The van der Waals surface area contributed by atoms with Crippen molar-refractivity contribution in [2.24, 2.45) is 5.92 Å². The van der Waals surface area contributed by atoms with E-state index in [9.17, 15) is 4.79 Å². The van der Waals surface area contributed by atoms with Crippen molar-refractivity contribution in [2.45, 2.75) is 13.0 Å². The van der Waals surface area contributed by atoms with Crippen LogP contribution in [-0.4, -0.2) is 32.4 Å². The average molecular weight is 186 g/mol. The van der Waals surface area contributed by atoms with Crippen molar-refractivity contribution in [2.75, 3.05) is 20.3 Å². The fourth-order valence-electron chi connectivity index (χ4n) is 0.993. The topological polar surface area (TPSA) is 44.8 Å². The first-order valence-corrected chi connectivity index (χ1v) is 4.16. The van der Waals surface area contributed by atoms with Crippen LogP contribution in [0.4, 0.5) is 0 Å². The van der Waals surface area contributed by atoms with Crippen LogP contribution in [0.2, 0.25) is 0 Å². The Morgan fingerprint density at radius 3 is 2.77 bits per heavy atom. The van der Waals surface area contributed by atoms with Gasteiger partial charge in [0.2, 0.25) is 0 Å². The van der Waals surface area contributed by atoms with E-state index >= 15 is 0 Å². The zero-order chi connectivity index (χ0) is 9.84. The Balaban J connectivity index is 2.18. The molecular weight excluding hydrogens is 172 g/mol. The maximum atomic E-state index is 10.8. The van der Waals surface area contributed by atoms with Gasteiger partial charge < -0.3 is 14.2 Å². The molecule has 0 aromatic rings. The summed E-state index contributed by atoms with van der Waals surface area (Å²) in [7, 11) is 1.29. The molecule has 4 nitrogen and oxygen atoms in total. The van der Waals surface area contributed by atoms with Gasteiger partial charge in [0.1, 0.15) is 6.61 Å². The van der Waals surface area contributed by atoms with Crippen LogP contribution in [-0.2, 0) is 19.0 Å². The lowest BCUT2D eigenvalue weighted by molar-refractivity contribution is -0.148. The summed E-state index contributed by atoms with van der Waals surface area (Å²) in [5, 5.41) is 0. The molecule has 0 aromatic heterocycles. The molecule has 0 N–H and O–H groups in total. The summed E-state index contributed by atoms with van der Waals surface area (Å²) in [6.45, 7) is 6.63. The molecule has 1 saturated heterocycles. The summed E-state index contributed by atoms with van der Waals surface area (Å²) in [6, 6.07) is 0. The van der Waals surface area contributed by atoms with Crippen LogP contribution in [0, 0.1) is 5.92 Å². The predicted molar refractivity (Wildman–Crippen MR) is 46.0 cm³/mol. The van der Waals surface area contributed by atoms with Gasteiger partial charge in [-0.2, -0.15) is 0 Å². The summed E-state index contributed by atoms with van der Waals surface area (Å²) in [4.78, 5) is 10.8. The van der Waals surface area contributed by atoms with E-state index in [-0.39, 0.29) is 11.9 Å². The fourth-order valence-corrected chi connectivity index (χ4v) is 0.993. The summed E-state index contributed by atoms with van der Waals surface area (Å²) in [6.07, 6.45) is 0.0846. The minimum Gasteiger partial charge on any atom is -0.484 e. The highest BCUT2D eigenvalue weighted by Crippen LogP contribution is 2.20. The minimum atomic E-state index is -0.535. The van der Waals surface area contributed by atoms with Gasteiger partial charge in [0, 0.05) is 5.92 Å². The minimum absolute atomic E-state index is 0.0326. The molecule has 0 radical (unpaired) electrons. The zero-order valence-corrected chi connectivity index (χ0v) is 7.91. The van der Waals surface area contributed by atoms with Crippen LogP contribution >= 0.6 is 0 Å². The second-order valence-corrected chi connectivity index (χ2v) is 3.07. The first-order chi connectivity index (χ1) is 6.15. The molecule has 2 atom stereocenters. The van der Waals surface area contributed by atoms with Crippen molar-refractivity contribution in [3.05, 3.63) is 12.3 Å². The highest BCUT2D eigenvalue weighted by atomic mass is 16.6. The summed E-state index contributed by atoms with van der Waals surface area (Å²) < 4.78 is 14.7. The van der Waals surface area contributed by atoms with Crippen molar-refractivity contribution < 1.29 is 19.0 Å². The number of rotatable bonds is 4. The summed E-state index contributed by atoms with van der Waals surface area (Å²) in [5.41, 5.74) is 0. The van der Waals surface area contributed by atoms with Crippen LogP contribution in [0.3, 0.4) is 0 Å². The molecule has 2 unspecified atom stereocenters. The Morgan fingerprint density at radius 1 is 1.69 bits per heavy atom. The molecule has 4 heteroatoms. The van der Waals surface area contributed by atoms with Gasteiger partial charge in [0.05, 0.1) is 19.8 Å². The Hall–Kier alpha value is -1.03. The number of carbonyl (C=O) groups is 1. The molecule has 1 aliphatic heterocycles. The van der Waals surface area contributed by atoms with Gasteiger partial charge in [-0.05, 0) is 6.58 Å². The second-order valence-electron chi connectivity index (χ2n) is 3.07. The van der Waals surface area contributed by atoms with Gasteiger partial charge in [-0.15, -0.1) is 0 Å². The molecule has 0 saturated carbocycles. The number of hydrogen-bond acceptors (Lipinski definition) is 4. The van der Waals surface area contributed by atoms with Crippen molar-refractivity contribution in [3.8, 4) is 0 Å². The largest absolute Gasteiger partial charge is 0.484 e. The van der Waals surface area contributed by atoms with E-state index in [4.69, 9.17) is 9.47 Å². The quantitative estimate of drug-likeness (QED) is 0.369. The third-order valence-electron chi connectivity index (χ3n) is 2.04. The molecule has 13 heavy (non-hydrogen) atoms. The predicted octanol–water partition coefficient (Wildman–Crippen LogP) is 0.725. The van der Waals surface area contributed by atoms with Crippen molar-refractivity contribution in [1.82, 2.24) is 0 Å². The van der Waals surface area contributed by atoms with Gasteiger partial charge in [0.15, 0.2) is 5.76 Å². The first-order valence-electron chi connectivity index (χ1n) is 4.16. The van der Waals surface area contributed by atoms with E-state index in [1.807, 2.05) is 0 Å². The zero-order valence-electron chi connectivity index (χ0n) is 7.91. The van der Waals surface area contributed by atoms with E-state index < -0.39 is 5.97 Å². The van der Waals surface area contributed by atoms with Crippen LogP contribution in [0.5, 0.6) is 0 Å². The Morgan fingerprint density at radius 2 is 2.38 bits per heavy atom. The molecular formula is C9H14O4. The third kappa shape index (κ3) is 2.45. The van der Waals surface area contributed by atoms with Crippen LogP contribution in [0.1, 0.15) is 6.92 Å². The smallest absolute Gasteiger partial charge is 0.372 e. The molecule has 1 rings (SSSR count). The molecule has 0 amide bonds. The van der Waals surface area contributed by atoms with E-state index in [1.54, 1.807) is 0 Å². The van der Waals surface area contributed by atoms with Crippen molar-refractivity contribution >= 4 is 5.97 Å². The van der Waals surface area contributed by atoms with E-state index in [2.05, 4.69) is 18.2 Å². The molecule has 0 aromatic carbocycles. The van der Waals surface area contributed by atoms with Gasteiger partial charge >= 0.3 is 5.97 Å². The monoisotopic (exact) mass is 186 g/mol. The number of carbonyl (C=O) groups excluding carboxylic acids is 1. The lowest BCUT2D eigenvalue weighted by Gasteiger charge is -2.33. The van der Waals surface area contributed by atoms with Crippen LogP contribution in [0.15, 0.2) is 12.3 Å². The molecule has 1 aliphatic rings. The van der Waals surface area contributed by atoms with E-state index in [0.717, 1.165) is 6.61 Å². The standard InChI is InChI=1S/C9H14O4/c1-6-4-13-8(6)5-12-7(2)9(10)11-3/h6,8H,2,4-5H2,1,3H3. The molecule has 0 aliphatic carbocycles. The molecule has 74 valence electrons. The Kier molecular flexibility index (Phi) is 3.31.